The van der Waals surface area contributed by atoms with Crippen LogP contribution in [0.3, 0.4) is 0 Å². The number of hydrogen-bond donors (Lipinski definition) is 1. The quantitative estimate of drug-likeness (QED) is 0.0334. The van der Waals surface area contributed by atoms with Gasteiger partial charge in [0.15, 0.2) is 8.32 Å². The van der Waals surface area contributed by atoms with E-state index in [2.05, 4.69) is 76.1 Å². The molecule has 0 aliphatic carbocycles. The van der Waals surface area contributed by atoms with Gasteiger partial charge in [-0.05, 0) is 79.6 Å². The lowest BCUT2D eigenvalue weighted by Gasteiger charge is -2.42. The van der Waals surface area contributed by atoms with Crippen molar-refractivity contribution in [1.29, 1.82) is 0 Å². The summed E-state index contributed by atoms with van der Waals surface area (Å²) in [5.74, 6) is 1.41. The maximum absolute atomic E-state index is 14.3. The van der Waals surface area contributed by atoms with Gasteiger partial charge in [-0.3, -0.25) is 10.1 Å². The number of nitrogens with zero attached hydrogens (tertiary/aromatic N) is 6. The Bertz CT molecular complexity index is 1960. The molecule has 0 aliphatic heterocycles. The van der Waals surface area contributed by atoms with Crippen LogP contribution in [0.5, 0.6) is 5.75 Å². The molecule has 0 saturated carbocycles. The number of nitro groups is 1. The third kappa shape index (κ3) is 12.2. The summed E-state index contributed by atoms with van der Waals surface area (Å²) in [4.78, 5) is 25.8. The SMILES string of the molecule is COc1cc(N(C)CCN(C)C)c([N+](=O)[O-])cc1Nc1cc(-c2c(-c3ccc(F)cc3)nc(CCCO[Si](C(C)C)(C(C)C)C(C)C)n2COCC[Si](C)(C)C)ccn1. The number of nitro benzene ring substituents is 1. The summed E-state index contributed by atoms with van der Waals surface area (Å²) in [5, 5.41) is 15.7. The first-order chi connectivity index (χ1) is 27.8. The Hall–Kier alpha value is -4.16. The average molecular weight is 850 g/mol. The molecular weight excluding hydrogens is 782 g/mol. The molecule has 0 spiro atoms. The zero-order chi connectivity index (χ0) is 43.7. The summed E-state index contributed by atoms with van der Waals surface area (Å²) < 4.78 is 35.6. The minimum Gasteiger partial charge on any atom is -0.494 e. The molecule has 2 aromatic heterocycles. The number of nitrogens with one attached hydrogen (secondary N) is 1. The number of methoxy groups -OCH3 is 1. The smallest absolute Gasteiger partial charge is 0.294 e. The highest BCUT2D eigenvalue weighted by Crippen LogP contribution is 2.43. The summed E-state index contributed by atoms with van der Waals surface area (Å²) in [6.45, 7) is 23.6. The van der Waals surface area contributed by atoms with E-state index >= 15 is 0 Å². The molecule has 0 unspecified atom stereocenters. The van der Waals surface area contributed by atoms with Crippen LogP contribution in [-0.2, 0) is 22.3 Å². The average Bonchev–Trinajstić information content (AvgIpc) is 3.52. The van der Waals surface area contributed by atoms with Gasteiger partial charge in [-0.1, -0.05) is 61.2 Å². The highest BCUT2D eigenvalue weighted by Gasteiger charge is 2.44. The molecule has 0 fully saturated rings. The number of rotatable bonds is 23. The largest absolute Gasteiger partial charge is 0.494 e. The van der Waals surface area contributed by atoms with Crippen molar-refractivity contribution in [3.05, 3.63) is 76.5 Å². The molecule has 12 nitrogen and oxygen atoms in total. The number of halogens is 1. The Balaban J connectivity index is 1.80. The van der Waals surface area contributed by atoms with Crippen LogP contribution in [0.4, 0.5) is 27.3 Å². The molecular formula is C44H68FN7O5Si2. The van der Waals surface area contributed by atoms with Crippen LogP contribution >= 0.6 is 0 Å². The zero-order valence-corrected chi connectivity index (χ0v) is 39.7. The van der Waals surface area contributed by atoms with Crippen molar-refractivity contribution in [3.8, 4) is 28.3 Å². The minimum absolute atomic E-state index is 0.0541. The van der Waals surface area contributed by atoms with Crippen molar-refractivity contribution in [1.82, 2.24) is 19.4 Å². The molecule has 4 rings (SSSR count). The summed E-state index contributed by atoms with van der Waals surface area (Å²) >= 11 is 0. The second kappa shape index (κ2) is 20.9. The number of benzene rings is 2. The van der Waals surface area contributed by atoms with Gasteiger partial charge in [0.25, 0.3) is 5.69 Å². The lowest BCUT2D eigenvalue weighted by molar-refractivity contribution is -0.384. The molecule has 4 aromatic rings. The number of aryl methyl sites for hydroxylation is 1. The van der Waals surface area contributed by atoms with E-state index in [0.717, 1.165) is 41.7 Å². The number of aromatic nitrogens is 3. The van der Waals surface area contributed by atoms with E-state index in [4.69, 9.17) is 18.9 Å². The van der Waals surface area contributed by atoms with E-state index < -0.39 is 16.4 Å². The lowest BCUT2D eigenvalue weighted by atomic mass is 10.1. The number of imidazole rings is 1. The second-order valence-electron chi connectivity index (χ2n) is 17.9. The van der Waals surface area contributed by atoms with Crippen LogP contribution in [0.25, 0.3) is 22.5 Å². The van der Waals surface area contributed by atoms with E-state index in [1.54, 1.807) is 31.5 Å². The topological polar surface area (TPSA) is 120 Å². The van der Waals surface area contributed by atoms with Crippen LogP contribution in [0, 0.1) is 15.9 Å². The van der Waals surface area contributed by atoms with Gasteiger partial charge in [-0.25, -0.2) is 14.4 Å². The zero-order valence-electron chi connectivity index (χ0n) is 37.7. The summed E-state index contributed by atoms with van der Waals surface area (Å²) in [5.41, 5.74) is 5.30. The van der Waals surface area contributed by atoms with Gasteiger partial charge in [-0.2, -0.15) is 0 Å². The summed E-state index contributed by atoms with van der Waals surface area (Å²) in [6.07, 6.45) is 3.12. The van der Waals surface area contributed by atoms with E-state index in [-0.39, 0.29) is 23.2 Å². The molecule has 1 N–H and O–H groups in total. The Labute approximate surface area is 353 Å². The van der Waals surface area contributed by atoms with Crippen LogP contribution in [0.1, 0.15) is 53.8 Å². The molecule has 0 radical (unpaired) electrons. The van der Waals surface area contributed by atoms with Gasteiger partial charge in [0, 0.05) is 77.3 Å². The van der Waals surface area contributed by atoms with Gasteiger partial charge in [-0.15, -0.1) is 0 Å². The maximum atomic E-state index is 14.3. The highest BCUT2D eigenvalue weighted by atomic mass is 28.4. The third-order valence-electron chi connectivity index (χ3n) is 11.1. The molecule has 0 amide bonds. The molecule has 2 aromatic carbocycles. The van der Waals surface area contributed by atoms with Crippen molar-refractivity contribution in [3.63, 3.8) is 0 Å². The van der Waals surface area contributed by atoms with E-state index in [9.17, 15) is 14.5 Å². The van der Waals surface area contributed by atoms with E-state index in [1.165, 1.54) is 18.2 Å². The Morgan fingerprint density at radius 3 is 2.15 bits per heavy atom. The number of pyridine rings is 1. The van der Waals surface area contributed by atoms with Crippen molar-refractivity contribution < 1.29 is 23.2 Å². The van der Waals surface area contributed by atoms with Crippen molar-refractivity contribution in [2.45, 2.75) is 103 Å². The van der Waals surface area contributed by atoms with Crippen molar-refractivity contribution in [2.75, 3.05) is 64.8 Å². The van der Waals surface area contributed by atoms with Crippen LogP contribution in [0.2, 0.25) is 42.3 Å². The summed E-state index contributed by atoms with van der Waals surface area (Å²) in [7, 11) is 3.87. The lowest BCUT2D eigenvalue weighted by Crippen LogP contribution is -2.48. The normalized spacial score (nSPS) is 12.3. The predicted octanol–water partition coefficient (Wildman–Crippen LogP) is 10.8. The molecule has 324 valence electrons. The summed E-state index contributed by atoms with van der Waals surface area (Å²) in [6, 6.07) is 14.4. The highest BCUT2D eigenvalue weighted by molar-refractivity contribution is 6.77. The Morgan fingerprint density at radius 1 is 0.915 bits per heavy atom. The predicted molar refractivity (Wildman–Crippen MR) is 245 cm³/mol. The fourth-order valence-corrected chi connectivity index (χ4v) is 14.2. The number of likely N-dealkylation sites (N-methyl/N-ethyl adjacent to an activating group) is 2. The first-order valence-electron chi connectivity index (χ1n) is 20.8. The third-order valence-corrected chi connectivity index (χ3v) is 18.9. The number of hydrogen-bond acceptors (Lipinski definition) is 10. The fraction of sp³-hybridized carbons (Fsp3) is 0.545. The van der Waals surface area contributed by atoms with Gasteiger partial charge < -0.3 is 33.6 Å². The van der Waals surface area contributed by atoms with Gasteiger partial charge >= 0.3 is 0 Å². The fourth-order valence-electron chi connectivity index (χ4n) is 7.98. The molecule has 0 aliphatic rings. The number of ether oxygens (including phenoxy) is 2. The Morgan fingerprint density at radius 2 is 1.58 bits per heavy atom. The minimum atomic E-state index is -2.06. The van der Waals surface area contributed by atoms with Crippen molar-refractivity contribution in [2.24, 2.45) is 0 Å². The second-order valence-corrected chi connectivity index (χ2v) is 28.9. The first-order valence-corrected chi connectivity index (χ1v) is 26.7. The van der Waals surface area contributed by atoms with E-state index in [1.807, 2.05) is 43.1 Å². The molecule has 2 heterocycles. The van der Waals surface area contributed by atoms with Crippen LogP contribution < -0.4 is 15.0 Å². The molecule has 15 heteroatoms. The number of anilines is 3. The molecule has 0 atom stereocenters. The van der Waals surface area contributed by atoms with Gasteiger partial charge in [0.1, 0.15) is 35.6 Å². The van der Waals surface area contributed by atoms with E-state index in [0.29, 0.717) is 71.4 Å². The monoisotopic (exact) mass is 849 g/mol. The molecule has 0 bridgehead atoms. The van der Waals surface area contributed by atoms with Crippen LogP contribution in [0.15, 0.2) is 54.7 Å². The Kier molecular flexibility index (Phi) is 16.8. The molecule has 0 saturated heterocycles. The van der Waals surface area contributed by atoms with Crippen LogP contribution in [-0.4, -0.2) is 95.3 Å². The van der Waals surface area contributed by atoms with Gasteiger partial charge in [0.05, 0.1) is 29.1 Å². The maximum Gasteiger partial charge on any atom is 0.294 e. The first kappa shape index (κ1) is 47.5. The molecule has 59 heavy (non-hydrogen) atoms. The standard InChI is InChI=1S/C44H68FN7O5Si2/c1-31(2)59(32(3)4,33(5)6)57-24-14-15-42-48-43(34-16-18-36(45)19-17-34)44(51(42)30-56-25-26-58(11,12)13)35-20-21-46-41(27-35)47-37-28-39(52(53)54)38(29-40(37)55-10)50(9)23-22-49(7)8/h16-21,27-29,31-33H,14-15,22-26,30H2,1-13H3,(H,46,47). The van der Waals surface area contributed by atoms with Crippen molar-refractivity contribution >= 4 is 39.3 Å². The van der Waals surface area contributed by atoms with Gasteiger partial charge in [0.2, 0.25) is 0 Å².